The van der Waals surface area contributed by atoms with Crippen molar-refractivity contribution in [3.63, 3.8) is 0 Å². The highest BCUT2D eigenvalue weighted by Gasteiger charge is 2.23. The molecule has 3 aromatic rings. The first-order valence-electron chi connectivity index (χ1n) is 9.82. The lowest BCUT2D eigenvalue weighted by Crippen LogP contribution is -2.26. The van der Waals surface area contributed by atoms with Gasteiger partial charge in [-0.05, 0) is 36.6 Å². The molecule has 7 heteroatoms. The second kappa shape index (κ2) is 8.10. The largest absolute Gasteiger partial charge is 0.380 e. The Labute approximate surface area is 171 Å². The molecule has 2 heterocycles. The Hall–Kier alpha value is -2.48. The van der Waals surface area contributed by atoms with Crippen LogP contribution in [-0.2, 0) is 16.6 Å². The number of aromatic nitrogens is 1. The van der Waals surface area contributed by atoms with Crippen LogP contribution in [0, 0.1) is 0 Å². The highest BCUT2D eigenvalue weighted by Crippen LogP contribution is 2.26. The summed E-state index contributed by atoms with van der Waals surface area (Å²) in [5.74, 6) is 0. The van der Waals surface area contributed by atoms with Crippen molar-refractivity contribution in [2.75, 3.05) is 18.4 Å². The molecule has 6 nitrogen and oxygen atoms in total. The van der Waals surface area contributed by atoms with Crippen molar-refractivity contribution in [3.8, 4) is 0 Å². The number of nitrogens with two attached hydrogens (primary N) is 1. The number of likely N-dealkylation sites (tertiary alicyclic amines) is 1. The summed E-state index contributed by atoms with van der Waals surface area (Å²) in [5.41, 5.74) is 2.99. The molecule has 0 radical (unpaired) electrons. The Morgan fingerprint density at radius 1 is 1.24 bits per heavy atom. The van der Waals surface area contributed by atoms with Crippen LogP contribution in [0.1, 0.15) is 29.7 Å². The first-order valence-corrected chi connectivity index (χ1v) is 11.4. The quantitative estimate of drug-likeness (QED) is 0.651. The number of rotatable bonds is 6. The number of fused-ring (bicyclic) bond motifs is 1. The summed E-state index contributed by atoms with van der Waals surface area (Å²) in [7, 11) is -3.59. The molecule has 1 aromatic heterocycles. The Morgan fingerprint density at radius 2 is 2.07 bits per heavy atom. The van der Waals surface area contributed by atoms with Crippen LogP contribution in [0.15, 0.2) is 60.9 Å². The molecule has 0 amide bonds. The summed E-state index contributed by atoms with van der Waals surface area (Å²) in [4.78, 5) is 6.59. The predicted molar refractivity (Wildman–Crippen MR) is 117 cm³/mol. The third-order valence-corrected chi connectivity index (χ3v) is 6.89. The number of hydrogen-bond acceptors (Lipinski definition) is 5. The Morgan fingerprint density at radius 3 is 2.90 bits per heavy atom. The van der Waals surface area contributed by atoms with Gasteiger partial charge in [0.2, 0.25) is 10.0 Å². The molecule has 1 fully saturated rings. The van der Waals surface area contributed by atoms with Gasteiger partial charge in [-0.15, -0.1) is 0 Å². The van der Waals surface area contributed by atoms with E-state index in [1.807, 2.05) is 42.7 Å². The molecule has 0 aliphatic carbocycles. The molecule has 1 aliphatic rings. The fourth-order valence-electron chi connectivity index (χ4n) is 3.95. The SMILES string of the molecule is CC(c1cccc(CN2CCC(Nc3cccc4cnccc34)C2)c1)S(N)(=O)=O. The Bertz CT molecular complexity index is 1110. The van der Waals surface area contributed by atoms with Crippen molar-refractivity contribution in [2.24, 2.45) is 5.14 Å². The molecule has 1 aliphatic heterocycles. The highest BCUT2D eigenvalue weighted by molar-refractivity contribution is 7.89. The van der Waals surface area contributed by atoms with Crippen LogP contribution in [0.5, 0.6) is 0 Å². The second-order valence-electron chi connectivity index (χ2n) is 7.74. The van der Waals surface area contributed by atoms with Gasteiger partial charge < -0.3 is 5.32 Å². The van der Waals surface area contributed by atoms with Crippen molar-refractivity contribution in [1.29, 1.82) is 0 Å². The molecule has 2 aromatic carbocycles. The zero-order valence-corrected chi connectivity index (χ0v) is 17.3. The molecule has 0 saturated carbocycles. The van der Waals surface area contributed by atoms with Gasteiger partial charge in [0.05, 0.1) is 5.25 Å². The van der Waals surface area contributed by atoms with E-state index in [0.717, 1.165) is 48.3 Å². The summed E-state index contributed by atoms with van der Waals surface area (Å²) in [6, 6.07) is 16.4. The topological polar surface area (TPSA) is 88.3 Å². The van der Waals surface area contributed by atoms with Crippen molar-refractivity contribution in [2.45, 2.75) is 31.2 Å². The van der Waals surface area contributed by atoms with Crippen molar-refractivity contribution >= 4 is 26.5 Å². The minimum atomic E-state index is -3.59. The standard InChI is InChI=1S/C22H26N4O2S/c1-16(29(23,27)28)18-5-2-4-17(12-18)14-26-11-9-20(15-26)25-22-7-3-6-19-13-24-10-8-21(19)22/h2-8,10,12-13,16,20,25H,9,11,14-15H2,1H3,(H2,23,27,28). The van der Waals surface area contributed by atoms with E-state index in [2.05, 4.69) is 33.4 Å². The van der Waals surface area contributed by atoms with Gasteiger partial charge >= 0.3 is 0 Å². The molecule has 1 saturated heterocycles. The van der Waals surface area contributed by atoms with Crippen LogP contribution in [0.25, 0.3) is 10.8 Å². The van der Waals surface area contributed by atoms with Gasteiger partial charge in [-0.2, -0.15) is 0 Å². The number of sulfonamides is 1. The number of pyridine rings is 1. The van der Waals surface area contributed by atoms with Crippen LogP contribution in [0.3, 0.4) is 0 Å². The van der Waals surface area contributed by atoms with Crippen LogP contribution in [0.2, 0.25) is 0 Å². The molecule has 4 rings (SSSR count). The van der Waals surface area contributed by atoms with Crippen LogP contribution in [-0.4, -0.2) is 37.4 Å². The molecule has 3 N–H and O–H groups in total. The van der Waals surface area contributed by atoms with Crippen LogP contribution >= 0.6 is 0 Å². The van der Waals surface area contributed by atoms with E-state index in [9.17, 15) is 8.42 Å². The molecular weight excluding hydrogens is 384 g/mol. The van der Waals surface area contributed by atoms with Gasteiger partial charge in [-0.1, -0.05) is 36.4 Å². The summed E-state index contributed by atoms with van der Waals surface area (Å²) in [6.45, 7) is 4.36. The summed E-state index contributed by atoms with van der Waals surface area (Å²) >= 11 is 0. The van der Waals surface area contributed by atoms with E-state index in [1.165, 1.54) is 5.39 Å². The van der Waals surface area contributed by atoms with Crippen LogP contribution in [0.4, 0.5) is 5.69 Å². The van der Waals surface area contributed by atoms with Gasteiger partial charge in [-0.3, -0.25) is 9.88 Å². The van der Waals surface area contributed by atoms with Crippen molar-refractivity contribution in [3.05, 3.63) is 72.1 Å². The maximum absolute atomic E-state index is 11.7. The molecule has 2 unspecified atom stereocenters. The lowest BCUT2D eigenvalue weighted by Gasteiger charge is -2.19. The summed E-state index contributed by atoms with van der Waals surface area (Å²) in [6.07, 6.45) is 4.77. The summed E-state index contributed by atoms with van der Waals surface area (Å²) in [5, 5.41) is 10.6. The Balaban J connectivity index is 1.42. The number of nitrogens with zero attached hydrogens (tertiary/aromatic N) is 2. The smallest absolute Gasteiger partial charge is 0.215 e. The summed E-state index contributed by atoms with van der Waals surface area (Å²) < 4.78 is 23.3. The van der Waals surface area contributed by atoms with E-state index in [4.69, 9.17) is 5.14 Å². The van der Waals surface area contributed by atoms with Gasteiger partial charge in [0.15, 0.2) is 0 Å². The average molecular weight is 411 g/mol. The van der Waals surface area contributed by atoms with E-state index in [1.54, 1.807) is 6.92 Å². The first kappa shape index (κ1) is 19.8. The van der Waals surface area contributed by atoms with Gasteiger partial charge in [0, 0.05) is 54.5 Å². The van der Waals surface area contributed by atoms with Gasteiger partial charge in [0.25, 0.3) is 0 Å². The zero-order chi connectivity index (χ0) is 20.4. The zero-order valence-electron chi connectivity index (χ0n) is 16.5. The van der Waals surface area contributed by atoms with E-state index < -0.39 is 15.3 Å². The number of benzene rings is 2. The Kier molecular flexibility index (Phi) is 5.54. The highest BCUT2D eigenvalue weighted by atomic mass is 32.2. The fourth-order valence-corrected chi connectivity index (χ4v) is 4.48. The maximum atomic E-state index is 11.7. The van der Waals surface area contributed by atoms with Gasteiger partial charge in [-0.25, -0.2) is 13.6 Å². The van der Waals surface area contributed by atoms with Crippen molar-refractivity contribution < 1.29 is 8.42 Å². The normalized spacial score (nSPS) is 18.8. The lowest BCUT2D eigenvalue weighted by molar-refractivity contribution is 0.328. The minimum absolute atomic E-state index is 0.375. The lowest BCUT2D eigenvalue weighted by atomic mass is 10.1. The second-order valence-corrected chi connectivity index (χ2v) is 9.63. The number of hydrogen-bond donors (Lipinski definition) is 2. The molecule has 29 heavy (non-hydrogen) atoms. The number of anilines is 1. The minimum Gasteiger partial charge on any atom is -0.380 e. The van der Waals surface area contributed by atoms with Gasteiger partial charge in [0.1, 0.15) is 0 Å². The van der Waals surface area contributed by atoms with E-state index in [0.29, 0.717) is 6.04 Å². The third-order valence-electron chi connectivity index (χ3n) is 5.63. The van der Waals surface area contributed by atoms with Crippen LogP contribution < -0.4 is 10.5 Å². The van der Waals surface area contributed by atoms with Crippen molar-refractivity contribution in [1.82, 2.24) is 9.88 Å². The van der Waals surface area contributed by atoms with E-state index >= 15 is 0 Å². The monoisotopic (exact) mass is 410 g/mol. The molecule has 2 atom stereocenters. The van der Waals surface area contributed by atoms with E-state index in [-0.39, 0.29) is 0 Å². The number of primary sulfonamides is 1. The molecule has 152 valence electrons. The molecular formula is C22H26N4O2S. The third kappa shape index (κ3) is 4.58. The first-order chi connectivity index (χ1) is 13.9. The molecule has 0 spiro atoms. The maximum Gasteiger partial charge on any atom is 0.215 e. The number of nitrogens with one attached hydrogen (secondary N) is 1. The fraction of sp³-hybridized carbons (Fsp3) is 0.318. The molecule has 0 bridgehead atoms. The predicted octanol–water partition coefficient (Wildman–Crippen LogP) is 3.27. The average Bonchev–Trinajstić information content (AvgIpc) is 3.14.